The second-order valence-electron chi connectivity index (χ2n) is 3.18. The zero-order valence-corrected chi connectivity index (χ0v) is 9.55. The lowest BCUT2D eigenvalue weighted by Crippen LogP contribution is -1.97. The number of aromatic amines is 1. The summed E-state index contributed by atoms with van der Waals surface area (Å²) in [7, 11) is 0. The first kappa shape index (κ1) is 10.9. The number of nitrogens with one attached hydrogen (secondary N) is 1. The third-order valence-electron chi connectivity index (χ3n) is 2.14. The molecule has 1 aromatic heterocycles. The van der Waals surface area contributed by atoms with Crippen LogP contribution < -0.4 is 4.74 Å². The van der Waals surface area contributed by atoms with E-state index in [4.69, 9.17) is 17.0 Å². The minimum Gasteiger partial charge on any atom is -0.491 e. The lowest BCUT2D eigenvalue weighted by molar-refractivity contribution is 0.321. The van der Waals surface area contributed by atoms with E-state index in [0.29, 0.717) is 17.1 Å². The highest BCUT2D eigenvalue weighted by Gasteiger charge is 2.05. The number of benzene rings is 1. The number of ether oxygens (including phenoxy) is 1. The number of H-pyrrole nitrogens is 1. The second kappa shape index (κ2) is 4.49. The molecule has 2 rings (SSSR count). The summed E-state index contributed by atoms with van der Waals surface area (Å²) in [6.45, 7) is 2.26. The zero-order valence-electron chi connectivity index (χ0n) is 8.74. The summed E-state index contributed by atoms with van der Waals surface area (Å²) >= 11 is 5.05. The number of aromatic nitrogens is 2. The second-order valence-corrected chi connectivity index (χ2v) is 3.57. The molecule has 0 aliphatic heterocycles. The van der Waals surface area contributed by atoms with E-state index >= 15 is 0 Å². The van der Waals surface area contributed by atoms with Crippen LogP contribution in [-0.4, -0.2) is 16.2 Å². The molecule has 0 atom stereocenters. The van der Waals surface area contributed by atoms with Gasteiger partial charge in [-0.1, -0.05) is 0 Å². The van der Waals surface area contributed by atoms with Gasteiger partial charge < -0.3 is 9.72 Å². The van der Waals surface area contributed by atoms with Crippen molar-refractivity contribution in [2.45, 2.75) is 6.92 Å². The molecule has 0 fully saturated rings. The Labute approximate surface area is 97.5 Å². The molecule has 0 bridgehead atoms. The summed E-state index contributed by atoms with van der Waals surface area (Å²) in [5, 5.41) is 0. The van der Waals surface area contributed by atoms with E-state index in [0.717, 1.165) is 0 Å². The van der Waals surface area contributed by atoms with E-state index in [1.165, 1.54) is 6.07 Å². The Morgan fingerprint density at radius 1 is 1.50 bits per heavy atom. The van der Waals surface area contributed by atoms with Crippen LogP contribution in [0.3, 0.4) is 0 Å². The van der Waals surface area contributed by atoms with Gasteiger partial charge >= 0.3 is 0 Å². The molecule has 1 aromatic carbocycles. The van der Waals surface area contributed by atoms with Crippen molar-refractivity contribution in [3.8, 4) is 11.4 Å². The van der Waals surface area contributed by atoms with Crippen LogP contribution in [0.5, 0.6) is 5.75 Å². The highest BCUT2D eigenvalue weighted by molar-refractivity contribution is 7.71. The van der Waals surface area contributed by atoms with Gasteiger partial charge in [0.2, 0.25) is 0 Å². The molecule has 0 aliphatic carbocycles. The molecule has 84 valence electrons. The molecule has 1 heterocycles. The molecular formula is C11H11FN2OS. The van der Waals surface area contributed by atoms with Crippen molar-refractivity contribution in [1.82, 2.24) is 9.55 Å². The minimum atomic E-state index is -0.387. The average Bonchev–Trinajstić information content (AvgIpc) is 2.68. The summed E-state index contributed by atoms with van der Waals surface area (Å²) in [6.07, 6.45) is 3.45. The van der Waals surface area contributed by atoms with Gasteiger partial charge in [0.15, 0.2) is 16.3 Å². The Morgan fingerprint density at radius 2 is 2.31 bits per heavy atom. The van der Waals surface area contributed by atoms with Crippen LogP contribution in [-0.2, 0) is 0 Å². The van der Waals surface area contributed by atoms with Gasteiger partial charge in [-0.3, -0.25) is 4.57 Å². The van der Waals surface area contributed by atoms with Crippen molar-refractivity contribution in [3.05, 3.63) is 41.2 Å². The normalized spacial score (nSPS) is 10.4. The molecule has 0 unspecified atom stereocenters. The first-order valence-corrected chi connectivity index (χ1v) is 5.32. The van der Waals surface area contributed by atoms with Gasteiger partial charge in [-0.25, -0.2) is 4.39 Å². The van der Waals surface area contributed by atoms with Crippen LogP contribution in [0.15, 0.2) is 30.6 Å². The molecule has 16 heavy (non-hydrogen) atoms. The Morgan fingerprint density at radius 3 is 2.88 bits per heavy atom. The molecular weight excluding hydrogens is 227 g/mol. The van der Waals surface area contributed by atoms with Crippen molar-refractivity contribution in [1.29, 1.82) is 0 Å². The van der Waals surface area contributed by atoms with Crippen molar-refractivity contribution >= 4 is 12.2 Å². The van der Waals surface area contributed by atoms with Crippen LogP contribution in [0.4, 0.5) is 4.39 Å². The Kier molecular flexibility index (Phi) is 3.05. The fourth-order valence-corrected chi connectivity index (χ4v) is 1.67. The number of halogens is 1. The largest absolute Gasteiger partial charge is 0.491 e. The van der Waals surface area contributed by atoms with Gasteiger partial charge in [-0.05, 0) is 31.3 Å². The Bertz CT molecular complexity index is 547. The summed E-state index contributed by atoms with van der Waals surface area (Å²) in [4.78, 5) is 2.85. The monoisotopic (exact) mass is 238 g/mol. The smallest absolute Gasteiger partial charge is 0.181 e. The van der Waals surface area contributed by atoms with Gasteiger partial charge in [0, 0.05) is 18.5 Å². The topological polar surface area (TPSA) is 29.9 Å². The van der Waals surface area contributed by atoms with E-state index in [1.807, 2.05) is 6.92 Å². The van der Waals surface area contributed by atoms with Crippen molar-refractivity contribution in [3.63, 3.8) is 0 Å². The molecule has 3 nitrogen and oxygen atoms in total. The minimum absolute atomic E-state index is 0.258. The number of imidazole rings is 1. The lowest BCUT2D eigenvalue weighted by Gasteiger charge is -2.07. The molecule has 2 aromatic rings. The Balaban J connectivity index is 2.42. The maximum absolute atomic E-state index is 13.6. The predicted octanol–water partition coefficient (Wildman–Crippen LogP) is 3.07. The van der Waals surface area contributed by atoms with Gasteiger partial charge in [0.05, 0.1) is 12.3 Å². The van der Waals surface area contributed by atoms with E-state index in [1.54, 1.807) is 29.1 Å². The molecule has 0 saturated heterocycles. The van der Waals surface area contributed by atoms with Gasteiger partial charge in [-0.15, -0.1) is 0 Å². The molecule has 0 spiro atoms. The number of nitrogens with zero attached hydrogens (tertiary/aromatic N) is 1. The summed E-state index contributed by atoms with van der Waals surface area (Å²) in [5.41, 5.74) is 0.673. The average molecular weight is 238 g/mol. The molecule has 0 radical (unpaired) electrons. The van der Waals surface area contributed by atoms with Crippen LogP contribution in [0.1, 0.15) is 6.92 Å². The van der Waals surface area contributed by atoms with Crippen LogP contribution in [0.25, 0.3) is 5.69 Å². The van der Waals surface area contributed by atoms with Crippen molar-refractivity contribution in [2.24, 2.45) is 0 Å². The molecule has 0 amide bonds. The highest BCUT2D eigenvalue weighted by Crippen LogP contribution is 2.20. The summed E-state index contributed by atoms with van der Waals surface area (Å²) in [5.74, 6) is -0.129. The maximum atomic E-state index is 13.6. The number of hydrogen-bond donors (Lipinski definition) is 1. The SMILES string of the molecule is CCOc1ccc(-n2cc[nH]c2=S)cc1F. The van der Waals surface area contributed by atoms with Crippen LogP contribution in [0.2, 0.25) is 0 Å². The zero-order chi connectivity index (χ0) is 11.5. The van der Waals surface area contributed by atoms with E-state index in [2.05, 4.69) is 4.98 Å². The van der Waals surface area contributed by atoms with E-state index in [-0.39, 0.29) is 11.6 Å². The quantitative estimate of drug-likeness (QED) is 0.833. The van der Waals surface area contributed by atoms with Gasteiger partial charge in [0.25, 0.3) is 0 Å². The fourth-order valence-electron chi connectivity index (χ4n) is 1.44. The molecule has 1 N–H and O–H groups in total. The van der Waals surface area contributed by atoms with Crippen LogP contribution in [0, 0.1) is 10.6 Å². The lowest BCUT2D eigenvalue weighted by atomic mass is 10.3. The van der Waals surface area contributed by atoms with Gasteiger partial charge in [0.1, 0.15) is 0 Å². The molecule has 5 heteroatoms. The first-order valence-electron chi connectivity index (χ1n) is 4.91. The maximum Gasteiger partial charge on any atom is 0.181 e. The van der Waals surface area contributed by atoms with E-state index < -0.39 is 0 Å². The highest BCUT2D eigenvalue weighted by atomic mass is 32.1. The number of hydrogen-bond acceptors (Lipinski definition) is 2. The third-order valence-corrected chi connectivity index (χ3v) is 2.46. The fraction of sp³-hybridized carbons (Fsp3) is 0.182. The third kappa shape index (κ3) is 1.99. The number of rotatable bonds is 3. The van der Waals surface area contributed by atoms with Crippen molar-refractivity contribution < 1.29 is 9.13 Å². The summed E-state index contributed by atoms with van der Waals surface area (Å²) < 4.78 is 20.9. The standard InChI is InChI=1S/C11H11FN2OS/c1-2-15-10-4-3-8(7-9(10)12)14-6-5-13-11(14)16/h3-7H,2H2,1H3,(H,13,16). The Hall–Kier alpha value is -1.62. The molecule has 0 saturated carbocycles. The van der Waals surface area contributed by atoms with Crippen molar-refractivity contribution in [2.75, 3.05) is 6.61 Å². The summed E-state index contributed by atoms with van der Waals surface area (Å²) in [6, 6.07) is 4.76. The first-order chi connectivity index (χ1) is 7.72. The van der Waals surface area contributed by atoms with Gasteiger partial charge in [-0.2, -0.15) is 0 Å². The van der Waals surface area contributed by atoms with E-state index in [9.17, 15) is 4.39 Å². The molecule has 0 aliphatic rings. The van der Waals surface area contributed by atoms with Crippen LogP contribution >= 0.6 is 12.2 Å². The predicted molar refractivity (Wildman–Crippen MR) is 62.1 cm³/mol.